The van der Waals surface area contributed by atoms with E-state index in [1.165, 1.54) is 27.9 Å². The molecule has 1 aliphatic heterocycles. The molecule has 1 rings (SSSR count). The fourth-order valence-electron chi connectivity index (χ4n) is 5.15. The summed E-state index contributed by atoms with van der Waals surface area (Å²) in [5.41, 5.74) is 8.05. The largest absolute Gasteiger partial charge is 0.394 e. The Morgan fingerprint density at radius 2 is 1.04 bits per heavy atom. The molecule has 4 N–H and O–H groups in total. The van der Waals surface area contributed by atoms with Crippen molar-refractivity contribution in [3.8, 4) is 0 Å². The highest BCUT2D eigenvalue weighted by atomic mass is 16.7. The number of ether oxygens (including phenoxy) is 2. The van der Waals surface area contributed by atoms with Gasteiger partial charge in [-0.1, -0.05) is 142 Å². The number of rotatable bonds is 20. The predicted octanol–water partition coefficient (Wildman–Crippen LogP) is 9.96. The van der Waals surface area contributed by atoms with Crippen molar-refractivity contribution in [1.82, 2.24) is 0 Å². The zero-order valence-corrected chi connectivity index (χ0v) is 33.5. The second-order valence-electron chi connectivity index (χ2n) is 14.7. The van der Waals surface area contributed by atoms with Crippen LogP contribution in [0.4, 0.5) is 0 Å². The zero-order chi connectivity index (χ0) is 39.1. The third-order valence-corrected chi connectivity index (χ3v) is 8.47. The van der Waals surface area contributed by atoms with Crippen LogP contribution in [0.25, 0.3) is 0 Å². The van der Waals surface area contributed by atoms with Crippen LogP contribution >= 0.6 is 0 Å². The minimum Gasteiger partial charge on any atom is -0.394 e. The van der Waals surface area contributed by atoms with E-state index < -0.39 is 42.9 Å². The maximum Gasteiger partial charge on any atom is 0.187 e. The van der Waals surface area contributed by atoms with E-state index in [4.69, 9.17) is 9.47 Å². The Bertz CT molecular complexity index is 1450. The topological polar surface area (TPSA) is 99.4 Å². The molecule has 0 aromatic rings. The molecule has 288 valence electrons. The van der Waals surface area contributed by atoms with Gasteiger partial charge in [0.1, 0.15) is 24.4 Å². The van der Waals surface area contributed by atoms with E-state index in [9.17, 15) is 20.4 Å². The molecule has 5 atom stereocenters. The molecule has 6 heteroatoms. The van der Waals surface area contributed by atoms with Gasteiger partial charge in [-0.15, -0.1) is 0 Å². The lowest BCUT2D eigenvalue weighted by atomic mass is 9.96. The summed E-state index contributed by atoms with van der Waals surface area (Å²) < 4.78 is 11.5. The number of hydrogen-bond donors (Lipinski definition) is 4. The van der Waals surface area contributed by atoms with Gasteiger partial charge in [0.05, 0.1) is 12.2 Å². The molecule has 1 fully saturated rings. The Morgan fingerprint density at radius 1 is 0.596 bits per heavy atom. The minimum absolute atomic E-state index is 0.480. The van der Waals surface area contributed by atoms with E-state index in [1.54, 1.807) is 0 Å². The molecule has 52 heavy (non-hydrogen) atoms. The maximum absolute atomic E-state index is 10.3. The summed E-state index contributed by atoms with van der Waals surface area (Å²) in [5.74, 6) is 0. The average molecular weight is 717 g/mol. The van der Waals surface area contributed by atoms with Gasteiger partial charge in [0.15, 0.2) is 6.29 Å². The molecule has 1 unspecified atom stereocenters. The normalized spacial score (nSPS) is 23.8. The molecular formula is C46H68O6. The smallest absolute Gasteiger partial charge is 0.187 e. The molecule has 0 amide bonds. The number of hydrogen-bond acceptors (Lipinski definition) is 6. The van der Waals surface area contributed by atoms with Crippen molar-refractivity contribution in [2.24, 2.45) is 0 Å². The van der Waals surface area contributed by atoms with Crippen LogP contribution in [0, 0.1) is 0 Å². The summed E-state index contributed by atoms with van der Waals surface area (Å²) in [7, 11) is 0. The molecule has 0 saturated carbocycles. The van der Waals surface area contributed by atoms with Gasteiger partial charge >= 0.3 is 0 Å². The van der Waals surface area contributed by atoms with Gasteiger partial charge in [0, 0.05) is 0 Å². The number of allylic oxidation sites excluding steroid dienone is 24. The fraction of sp³-hybridized carbons (Fsp3) is 0.478. The standard InChI is InChI=1S/C46H68O6/c1-34(2)19-13-22-37(5)25-16-28-38(6)26-14-23-35(3)20-11-12-21-36(4)24-15-27-39(7)29-17-30-40(8)31-18-32-46(9,10)52-45-44(50)43(49)42(48)41(33-47)51-45/h11-12,14-17,19-21,23-30,41-45,47-50H,13,18,22,31-33H2,1-10H3/b12-11+,23-14+,24-15+,28-16+,29-17+,35-20+,36-21+,37-25+,38-26+,39-27+,40-30+/t41-,42-,43+,44-,45?/m1/s1. The number of aliphatic hydroxyl groups is 4. The third-order valence-electron chi connectivity index (χ3n) is 8.47. The van der Waals surface area contributed by atoms with Crippen molar-refractivity contribution in [1.29, 1.82) is 0 Å². The Morgan fingerprint density at radius 3 is 1.50 bits per heavy atom. The van der Waals surface area contributed by atoms with Crippen LogP contribution in [-0.2, 0) is 9.47 Å². The maximum atomic E-state index is 10.3. The minimum atomic E-state index is -1.45. The molecule has 0 radical (unpaired) electrons. The highest BCUT2D eigenvalue weighted by Gasteiger charge is 2.45. The third kappa shape index (κ3) is 21.2. The molecule has 0 aliphatic carbocycles. The number of aliphatic hydroxyl groups excluding tert-OH is 4. The van der Waals surface area contributed by atoms with E-state index in [-0.39, 0.29) is 0 Å². The predicted molar refractivity (Wildman–Crippen MR) is 220 cm³/mol. The van der Waals surface area contributed by atoms with Crippen molar-refractivity contribution in [2.45, 2.75) is 138 Å². The van der Waals surface area contributed by atoms with Gasteiger partial charge in [0.25, 0.3) is 0 Å². The summed E-state index contributed by atoms with van der Waals surface area (Å²) >= 11 is 0. The van der Waals surface area contributed by atoms with Crippen LogP contribution in [0.1, 0.15) is 101 Å². The highest BCUT2D eigenvalue weighted by molar-refractivity contribution is 5.32. The van der Waals surface area contributed by atoms with Gasteiger partial charge in [0.2, 0.25) is 0 Å². The van der Waals surface area contributed by atoms with Crippen LogP contribution in [0.15, 0.2) is 142 Å². The zero-order valence-electron chi connectivity index (χ0n) is 33.5. The van der Waals surface area contributed by atoms with Crippen LogP contribution in [0.3, 0.4) is 0 Å². The second-order valence-corrected chi connectivity index (χ2v) is 14.7. The molecule has 1 saturated heterocycles. The summed E-state index contributed by atoms with van der Waals surface area (Å²) in [5, 5.41) is 39.7. The molecular weight excluding hydrogens is 649 g/mol. The lowest BCUT2D eigenvalue weighted by Crippen LogP contribution is -2.60. The SMILES string of the molecule is CC(C)=CCC/C(C)=C/C=C/C(C)=C/C=C/C(C)=C/C=C/C=C(C)/C=C/C=C(C)/C=C/C=C(\C)CCCC(C)(C)OC1O[C@H](CO)[C@@H](O)[C@H](O)[C@H]1O. The van der Waals surface area contributed by atoms with Crippen molar-refractivity contribution in [3.63, 3.8) is 0 Å². The Hall–Kier alpha value is -3.36. The highest BCUT2D eigenvalue weighted by Crippen LogP contribution is 2.28. The van der Waals surface area contributed by atoms with E-state index in [0.717, 1.165) is 36.8 Å². The lowest BCUT2D eigenvalue weighted by molar-refractivity contribution is -0.323. The van der Waals surface area contributed by atoms with Crippen LogP contribution in [0.5, 0.6) is 0 Å². The molecule has 0 bridgehead atoms. The van der Waals surface area contributed by atoms with Gasteiger partial charge in [-0.05, 0) is 101 Å². The molecule has 6 nitrogen and oxygen atoms in total. The lowest BCUT2D eigenvalue weighted by Gasteiger charge is -2.42. The van der Waals surface area contributed by atoms with Crippen LogP contribution in [-0.4, -0.2) is 63.3 Å². The van der Waals surface area contributed by atoms with Gasteiger partial charge in [-0.25, -0.2) is 0 Å². The van der Waals surface area contributed by atoms with E-state index in [2.05, 4.69) is 159 Å². The van der Waals surface area contributed by atoms with Gasteiger partial charge < -0.3 is 29.9 Å². The van der Waals surface area contributed by atoms with Crippen molar-refractivity contribution in [3.05, 3.63) is 142 Å². The first-order valence-corrected chi connectivity index (χ1v) is 18.6. The fourth-order valence-corrected chi connectivity index (χ4v) is 5.15. The summed E-state index contributed by atoms with van der Waals surface area (Å²) in [4.78, 5) is 0. The Labute approximate surface area is 315 Å². The first kappa shape index (κ1) is 46.7. The summed E-state index contributed by atoms with van der Waals surface area (Å²) in [6, 6.07) is 0. The molecule has 1 aliphatic rings. The summed E-state index contributed by atoms with van der Waals surface area (Å²) in [6.45, 7) is 20.2. The molecule has 1 heterocycles. The molecule has 0 aromatic heterocycles. The van der Waals surface area contributed by atoms with Gasteiger partial charge in [-0.2, -0.15) is 0 Å². The van der Waals surface area contributed by atoms with E-state index in [0.29, 0.717) is 6.42 Å². The average Bonchev–Trinajstić information content (AvgIpc) is 3.06. The monoisotopic (exact) mass is 717 g/mol. The van der Waals surface area contributed by atoms with Crippen molar-refractivity contribution >= 4 is 0 Å². The quantitative estimate of drug-likeness (QED) is 0.0740. The van der Waals surface area contributed by atoms with Crippen molar-refractivity contribution < 1.29 is 29.9 Å². The van der Waals surface area contributed by atoms with Crippen LogP contribution in [0.2, 0.25) is 0 Å². The van der Waals surface area contributed by atoms with Crippen molar-refractivity contribution in [2.75, 3.05) is 6.61 Å². The Kier molecular flexibility index (Phi) is 23.0. The first-order valence-electron chi connectivity index (χ1n) is 18.6. The van der Waals surface area contributed by atoms with Crippen LogP contribution < -0.4 is 0 Å². The summed E-state index contributed by atoms with van der Waals surface area (Å²) in [6.07, 6.45) is 34.1. The van der Waals surface area contributed by atoms with Gasteiger partial charge in [-0.3, -0.25) is 0 Å². The Balaban J connectivity index is 2.51. The molecule has 0 aromatic carbocycles. The van der Waals surface area contributed by atoms with E-state index in [1.807, 2.05) is 13.8 Å². The molecule has 0 spiro atoms. The second kappa shape index (κ2) is 25.6. The first-order chi connectivity index (χ1) is 24.5. The van der Waals surface area contributed by atoms with E-state index >= 15 is 0 Å².